The highest BCUT2D eigenvalue weighted by Crippen LogP contribution is 2.42. The minimum atomic E-state index is -0.724. The van der Waals surface area contributed by atoms with Crippen LogP contribution in [-0.4, -0.2) is 67.0 Å². The zero-order chi connectivity index (χ0) is 24.8. The van der Waals surface area contributed by atoms with Crippen LogP contribution in [0.4, 0.5) is 0 Å². The first-order valence-corrected chi connectivity index (χ1v) is 11.7. The van der Waals surface area contributed by atoms with Crippen molar-refractivity contribution in [3.63, 3.8) is 0 Å². The number of aliphatic hydroxyl groups excluding tert-OH is 1. The van der Waals surface area contributed by atoms with E-state index in [0.29, 0.717) is 35.6 Å². The van der Waals surface area contributed by atoms with Crippen LogP contribution in [0.25, 0.3) is 5.76 Å². The second kappa shape index (κ2) is 11.2. The number of nitrogens with zero attached hydrogens (tertiary/aromatic N) is 2. The molecule has 1 saturated heterocycles. The maximum absolute atomic E-state index is 13.2. The van der Waals surface area contributed by atoms with Gasteiger partial charge in [-0.05, 0) is 50.7 Å². The summed E-state index contributed by atoms with van der Waals surface area (Å²) in [5.41, 5.74) is 2.29. The van der Waals surface area contributed by atoms with Gasteiger partial charge in [-0.15, -0.1) is 0 Å². The molecule has 1 aliphatic heterocycles. The van der Waals surface area contributed by atoms with Crippen LogP contribution in [0, 0.1) is 6.92 Å². The van der Waals surface area contributed by atoms with Crippen molar-refractivity contribution in [3.8, 4) is 11.5 Å². The summed E-state index contributed by atoms with van der Waals surface area (Å²) >= 11 is 0. The van der Waals surface area contributed by atoms with Crippen molar-refractivity contribution in [3.05, 3.63) is 64.7 Å². The number of rotatable bonds is 10. The topological polar surface area (TPSA) is 79.3 Å². The van der Waals surface area contributed by atoms with E-state index in [1.54, 1.807) is 42.3 Å². The van der Waals surface area contributed by atoms with Gasteiger partial charge in [0.2, 0.25) is 0 Å². The van der Waals surface area contributed by atoms with Gasteiger partial charge in [0, 0.05) is 12.1 Å². The summed E-state index contributed by atoms with van der Waals surface area (Å²) in [6.07, 6.45) is 0.711. The number of ketones is 1. The number of hydrogen-bond donors (Lipinski definition) is 1. The van der Waals surface area contributed by atoms with E-state index < -0.39 is 17.7 Å². The van der Waals surface area contributed by atoms with E-state index in [4.69, 9.17) is 9.47 Å². The standard InChI is InChI=1S/C27H34N2O5/c1-6-28(7-2)15-8-16-29-24(20-13-14-21(33-4)22(17-20)34-5)23(26(31)27(29)32)25(30)19-11-9-18(3)10-12-19/h9-14,17,24,30H,6-8,15-16H2,1-5H3/b25-23+. The van der Waals surface area contributed by atoms with Crippen molar-refractivity contribution in [2.45, 2.75) is 33.2 Å². The van der Waals surface area contributed by atoms with Gasteiger partial charge in [0.25, 0.3) is 11.7 Å². The molecule has 1 unspecified atom stereocenters. The number of aliphatic hydroxyl groups is 1. The fourth-order valence-electron chi connectivity index (χ4n) is 4.35. The molecule has 2 aromatic carbocycles. The normalized spacial score (nSPS) is 17.5. The SMILES string of the molecule is CCN(CC)CCCN1C(=O)C(=O)/C(=C(/O)c2ccc(C)cc2)C1c1ccc(OC)c(OC)c1. The zero-order valence-corrected chi connectivity index (χ0v) is 20.6. The molecule has 1 atom stereocenters. The van der Waals surface area contributed by atoms with Gasteiger partial charge in [-0.3, -0.25) is 9.59 Å². The lowest BCUT2D eigenvalue weighted by atomic mass is 9.94. The monoisotopic (exact) mass is 466 g/mol. The molecule has 0 aromatic heterocycles. The van der Waals surface area contributed by atoms with Gasteiger partial charge in [0.05, 0.1) is 25.8 Å². The molecule has 0 spiro atoms. The van der Waals surface area contributed by atoms with E-state index >= 15 is 0 Å². The van der Waals surface area contributed by atoms with Gasteiger partial charge in [0.15, 0.2) is 11.5 Å². The number of ether oxygens (including phenoxy) is 2. The van der Waals surface area contributed by atoms with Gasteiger partial charge in [-0.1, -0.05) is 49.7 Å². The Balaban J connectivity index is 2.08. The largest absolute Gasteiger partial charge is 0.507 e. The van der Waals surface area contributed by atoms with Crippen LogP contribution in [0.5, 0.6) is 11.5 Å². The van der Waals surface area contributed by atoms with Gasteiger partial charge < -0.3 is 24.4 Å². The molecular formula is C27H34N2O5. The Morgan fingerprint density at radius 2 is 1.65 bits per heavy atom. The predicted octanol–water partition coefficient (Wildman–Crippen LogP) is 4.17. The van der Waals surface area contributed by atoms with Crippen LogP contribution in [0.2, 0.25) is 0 Å². The maximum atomic E-state index is 13.2. The van der Waals surface area contributed by atoms with Crippen LogP contribution in [-0.2, 0) is 9.59 Å². The lowest BCUT2D eigenvalue weighted by molar-refractivity contribution is -0.140. The summed E-state index contributed by atoms with van der Waals surface area (Å²) in [6.45, 7) is 9.19. The summed E-state index contributed by atoms with van der Waals surface area (Å²) in [4.78, 5) is 30.2. The molecule has 0 aliphatic carbocycles. The minimum absolute atomic E-state index is 0.0870. The first-order chi connectivity index (χ1) is 16.4. The maximum Gasteiger partial charge on any atom is 0.295 e. The highest BCUT2D eigenvalue weighted by molar-refractivity contribution is 6.46. The number of methoxy groups -OCH3 is 2. The number of aryl methyl sites for hydroxylation is 1. The van der Waals surface area contributed by atoms with Crippen molar-refractivity contribution in [1.29, 1.82) is 0 Å². The van der Waals surface area contributed by atoms with Gasteiger partial charge in [-0.2, -0.15) is 0 Å². The first-order valence-electron chi connectivity index (χ1n) is 11.7. The molecule has 1 N–H and O–H groups in total. The molecule has 0 radical (unpaired) electrons. The van der Waals surface area contributed by atoms with Crippen molar-refractivity contribution in [2.75, 3.05) is 40.4 Å². The van der Waals surface area contributed by atoms with E-state index in [0.717, 1.165) is 25.2 Å². The molecule has 182 valence electrons. The number of carbonyl (C=O) groups excluding carboxylic acids is 2. The Bertz CT molecular complexity index is 1060. The van der Waals surface area contributed by atoms with Crippen molar-refractivity contribution < 1.29 is 24.2 Å². The van der Waals surface area contributed by atoms with E-state index in [2.05, 4.69) is 18.7 Å². The van der Waals surface area contributed by atoms with Gasteiger partial charge in [0.1, 0.15) is 5.76 Å². The van der Waals surface area contributed by atoms with Crippen LogP contribution in [0.3, 0.4) is 0 Å². The molecule has 7 heteroatoms. The lowest BCUT2D eigenvalue weighted by Crippen LogP contribution is -2.33. The average molecular weight is 467 g/mol. The molecule has 7 nitrogen and oxygen atoms in total. The average Bonchev–Trinajstić information content (AvgIpc) is 3.11. The van der Waals surface area contributed by atoms with Crippen molar-refractivity contribution >= 4 is 17.4 Å². The Hall–Kier alpha value is -3.32. The molecule has 1 heterocycles. The summed E-state index contributed by atoms with van der Waals surface area (Å²) in [5, 5.41) is 11.2. The van der Waals surface area contributed by atoms with Gasteiger partial charge >= 0.3 is 0 Å². The molecule has 1 fully saturated rings. The molecule has 34 heavy (non-hydrogen) atoms. The molecule has 1 aliphatic rings. The number of amides is 1. The third-order valence-electron chi connectivity index (χ3n) is 6.36. The Morgan fingerprint density at radius 1 is 1.00 bits per heavy atom. The van der Waals surface area contributed by atoms with Crippen molar-refractivity contribution in [2.24, 2.45) is 0 Å². The predicted molar refractivity (Wildman–Crippen MR) is 132 cm³/mol. The highest BCUT2D eigenvalue weighted by Gasteiger charge is 2.46. The zero-order valence-electron chi connectivity index (χ0n) is 20.6. The number of Topliss-reactive ketones (excluding diaryl/α,β-unsaturated/α-hetero) is 1. The highest BCUT2D eigenvalue weighted by atomic mass is 16.5. The molecule has 3 rings (SSSR count). The molecule has 0 saturated carbocycles. The van der Waals surface area contributed by atoms with E-state index in [-0.39, 0.29) is 11.3 Å². The summed E-state index contributed by atoms with van der Waals surface area (Å²) in [5.74, 6) is -0.426. The van der Waals surface area contributed by atoms with Gasteiger partial charge in [-0.25, -0.2) is 0 Å². The summed E-state index contributed by atoms with van der Waals surface area (Å²) in [6, 6.07) is 11.8. The summed E-state index contributed by atoms with van der Waals surface area (Å²) < 4.78 is 10.8. The second-order valence-corrected chi connectivity index (χ2v) is 8.35. The van der Waals surface area contributed by atoms with Crippen LogP contribution in [0.15, 0.2) is 48.0 Å². The number of carbonyl (C=O) groups is 2. The van der Waals surface area contributed by atoms with Crippen LogP contribution in [0.1, 0.15) is 43.0 Å². The van der Waals surface area contributed by atoms with Crippen molar-refractivity contribution in [1.82, 2.24) is 9.80 Å². The fraction of sp³-hybridized carbons (Fsp3) is 0.407. The van der Waals surface area contributed by atoms with Crippen LogP contribution >= 0.6 is 0 Å². The number of benzene rings is 2. The number of hydrogen-bond acceptors (Lipinski definition) is 6. The molecule has 2 aromatic rings. The second-order valence-electron chi connectivity index (χ2n) is 8.35. The first kappa shape index (κ1) is 25.3. The quantitative estimate of drug-likeness (QED) is 0.322. The number of likely N-dealkylation sites (tertiary alicyclic amines) is 1. The molecular weight excluding hydrogens is 432 g/mol. The minimum Gasteiger partial charge on any atom is -0.507 e. The van der Waals surface area contributed by atoms with E-state index in [9.17, 15) is 14.7 Å². The molecule has 0 bridgehead atoms. The third-order valence-corrected chi connectivity index (χ3v) is 6.36. The lowest BCUT2D eigenvalue weighted by Gasteiger charge is -2.27. The molecule has 1 amide bonds. The Labute approximate surface area is 201 Å². The van der Waals surface area contributed by atoms with E-state index in [1.165, 1.54) is 7.11 Å². The third kappa shape index (κ3) is 5.09. The smallest absolute Gasteiger partial charge is 0.295 e. The Kier molecular flexibility index (Phi) is 8.34. The summed E-state index contributed by atoms with van der Waals surface area (Å²) in [7, 11) is 3.09. The van der Waals surface area contributed by atoms with Crippen LogP contribution < -0.4 is 9.47 Å². The Morgan fingerprint density at radius 3 is 2.24 bits per heavy atom. The fourth-order valence-corrected chi connectivity index (χ4v) is 4.35. The van der Waals surface area contributed by atoms with E-state index in [1.807, 2.05) is 19.1 Å².